The molecule has 0 saturated carbocycles. The Kier molecular flexibility index (Phi) is 5.31. The van der Waals surface area contributed by atoms with Crippen molar-refractivity contribution in [1.29, 1.82) is 0 Å². The maximum absolute atomic E-state index is 13.8. The van der Waals surface area contributed by atoms with Crippen molar-refractivity contribution in [1.82, 2.24) is 4.31 Å². The molecule has 0 radical (unpaired) electrons. The van der Waals surface area contributed by atoms with E-state index in [1.807, 2.05) is 0 Å². The van der Waals surface area contributed by atoms with Gasteiger partial charge in [0.1, 0.15) is 5.82 Å². The number of hydrogen-bond acceptors (Lipinski definition) is 3. The van der Waals surface area contributed by atoms with E-state index in [1.54, 1.807) is 0 Å². The van der Waals surface area contributed by atoms with Gasteiger partial charge < -0.3 is 0 Å². The van der Waals surface area contributed by atoms with E-state index in [0.717, 1.165) is 24.3 Å². The second kappa shape index (κ2) is 6.98. The Hall–Kier alpha value is -2.56. The lowest BCUT2D eigenvalue weighted by Gasteiger charge is -2.22. The molecule has 0 fully saturated rings. The quantitative estimate of drug-likeness (QED) is 0.452. The maximum Gasteiger partial charge on any atom is 0.272 e. The Labute approximate surface area is 143 Å². The normalized spacial score (nSPS) is 11.5. The summed E-state index contributed by atoms with van der Waals surface area (Å²) in [5.41, 5.74) is 0.0362. The van der Waals surface area contributed by atoms with Crippen LogP contribution in [0.15, 0.2) is 29.2 Å². The molecule has 0 spiro atoms. The van der Waals surface area contributed by atoms with Crippen molar-refractivity contribution < 1.29 is 39.6 Å². The molecule has 2 aromatic rings. The number of nitrogens with zero attached hydrogens (tertiary/aromatic N) is 1. The number of carbonyl (C=O) groups is 1. The van der Waals surface area contributed by atoms with Crippen molar-refractivity contribution in [2.24, 2.45) is 0 Å². The minimum Gasteiger partial charge on any atom is -0.274 e. The Balaban J connectivity index is 2.63. The van der Waals surface area contributed by atoms with Crippen molar-refractivity contribution in [3.8, 4) is 0 Å². The third-order valence-electron chi connectivity index (χ3n) is 3.31. The predicted molar refractivity (Wildman–Crippen MR) is 76.0 cm³/mol. The minimum atomic E-state index is -5.44. The molecular weight excluding hydrogens is 388 g/mol. The largest absolute Gasteiger partial charge is 0.274 e. The predicted octanol–water partition coefficient (Wildman–Crippen LogP) is 3.26. The number of rotatable bonds is 4. The number of amides is 1. The van der Waals surface area contributed by atoms with Crippen LogP contribution in [0.3, 0.4) is 0 Å². The first-order chi connectivity index (χ1) is 12.0. The SMILES string of the molecule is CC(=O)N(Cc1ccc(F)cc1)S(=O)(=O)c1c(F)c(F)c(F)c(F)c1F. The Morgan fingerprint density at radius 1 is 0.846 bits per heavy atom. The Morgan fingerprint density at radius 3 is 1.69 bits per heavy atom. The number of sulfonamides is 1. The molecular formula is C15H9F6NO3S. The second-order valence-corrected chi connectivity index (χ2v) is 6.86. The van der Waals surface area contributed by atoms with Crippen molar-refractivity contribution in [2.75, 3.05) is 0 Å². The summed E-state index contributed by atoms with van der Waals surface area (Å²) in [4.78, 5) is 9.51. The molecule has 0 heterocycles. The molecule has 1 amide bonds. The first-order valence-electron chi connectivity index (χ1n) is 6.77. The van der Waals surface area contributed by atoms with E-state index in [2.05, 4.69) is 0 Å². The van der Waals surface area contributed by atoms with Gasteiger partial charge in [0.15, 0.2) is 28.2 Å². The van der Waals surface area contributed by atoms with Crippen LogP contribution >= 0.6 is 0 Å². The van der Waals surface area contributed by atoms with Gasteiger partial charge in [0.2, 0.25) is 11.7 Å². The lowest BCUT2D eigenvalue weighted by Crippen LogP contribution is -2.36. The molecule has 140 valence electrons. The fourth-order valence-electron chi connectivity index (χ4n) is 2.04. The average molecular weight is 397 g/mol. The van der Waals surface area contributed by atoms with Gasteiger partial charge in [-0.1, -0.05) is 12.1 Å². The number of hydrogen-bond donors (Lipinski definition) is 0. The summed E-state index contributed by atoms with van der Waals surface area (Å²) in [6.45, 7) is -0.0927. The zero-order chi connectivity index (χ0) is 19.8. The summed E-state index contributed by atoms with van der Waals surface area (Å²) in [5, 5.41) is 0. The van der Waals surface area contributed by atoms with Crippen LogP contribution in [-0.4, -0.2) is 18.6 Å². The molecule has 2 aromatic carbocycles. The van der Waals surface area contributed by atoms with Gasteiger partial charge in [0.25, 0.3) is 10.0 Å². The average Bonchev–Trinajstić information content (AvgIpc) is 2.57. The zero-order valence-corrected chi connectivity index (χ0v) is 13.7. The molecule has 0 aliphatic rings. The van der Waals surface area contributed by atoms with E-state index >= 15 is 0 Å². The summed E-state index contributed by atoms with van der Waals surface area (Å²) >= 11 is 0. The molecule has 0 unspecified atom stereocenters. The first-order valence-corrected chi connectivity index (χ1v) is 8.21. The lowest BCUT2D eigenvalue weighted by molar-refractivity contribution is -0.124. The summed E-state index contributed by atoms with van der Waals surface area (Å²) in [5.74, 6) is -14.6. The van der Waals surface area contributed by atoms with E-state index in [4.69, 9.17) is 0 Å². The highest BCUT2D eigenvalue weighted by Crippen LogP contribution is 2.29. The molecule has 0 saturated heterocycles. The fourth-order valence-corrected chi connectivity index (χ4v) is 3.55. The molecule has 26 heavy (non-hydrogen) atoms. The first kappa shape index (κ1) is 19.8. The number of halogens is 6. The molecule has 4 nitrogen and oxygen atoms in total. The van der Waals surface area contributed by atoms with Crippen LogP contribution in [0.4, 0.5) is 26.3 Å². The van der Waals surface area contributed by atoms with Gasteiger partial charge in [-0.05, 0) is 17.7 Å². The highest BCUT2D eigenvalue weighted by Gasteiger charge is 2.38. The van der Waals surface area contributed by atoms with E-state index in [1.165, 1.54) is 0 Å². The van der Waals surface area contributed by atoms with Gasteiger partial charge in [-0.2, -0.15) is 0 Å². The van der Waals surface area contributed by atoms with Crippen LogP contribution in [0, 0.1) is 34.9 Å². The van der Waals surface area contributed by atoms with Crippen LogP contribution in [0.25, 0.3) is 0 Å². The third-order valence-corrected chi connectivity index (χ3v) is 5.15. The van der Waals surface area contributed by atoms with Gasteiger partial charge in [-0.25, -0.2) is 39.1 Å². The van der Waals surface area contributed by atoms with E-state index in [0.29, 0.717) is 6.92 Å². The zero-order valence-electron chi connectivity index (χ0n) is 12.9. The topological polar surface area (TPSA) is 54.5 Å². The molecule has 0 atom stereocenters. The molecule has 0 N–H and O–H groups in total. The fraction of sp³-hybridized carbons (Fsp3) is 0.133. The summed E-state index contributed by atoms with van der Waals surface area (Å²) in [6.07, 6.45) is 0. The summed E-state index contributed by atoms with van der Waals surface area (Å²) in [7, 11) is -5.44. The molecule has 0 aliphatic carbocycles. The maximum atomic E-state index is 13.8. The van der Waals surface area contributed by atoms with Gasteiger partial charge in [-0.15, -0.1) is 0 Å². The van der Waals surface area contributed by atoms with Crippen LogP contribution in [0.5, 0.6) is 0 Å². The number of benzene rings is 2. The van der Waals surface area contributed by atoms with Crippen molar-refractivity contribution in [3.63, 3.8) is 0 Å². The van der Waals surface area contributed by atoms with Gasteiger partial charge in [-0.3, -0.25) is 4.79 Å². The summed E-state index contributed by atoms with van der Waals surface area (Å²) < 4.78 is 105. The lowest BCUT2D eigenvalue weighted by atomic mass is 10.2. The molecule has 0 bridgehead atoms. The van der Waals surface area contributed by atoms with Crippen molar-refractivity contribution >= 4 is 15.9 Å². The second-order valence-electron chi connectivity index (χ2n) is 5.06. The van der Waals surface area contributed by atoms with E-state index in [9.17, 15) is 39.6 Å². The highest BCUT2D eigenvalue weighted by atomic mass is 32.2. The van der Waals surface area contributed by atoms with Gasteiger partial charge in [0.05, 0.1) is 6.54 Å². The van der Waals surface area contributed by atoms with E-state index in [-0.39, 0.29) is 9.87 Å². The van der Waals surface area contributed by atoms with Crippen LogP contribution in [0.1, 0.15) is 12.5 Å². The standard InChI is InChI=1S/C15H9F6NO3S/c1-7(23)22(6-8-2-4-9(16)5-3-8)26(24,25)15-13(20)11(18)10(17)12(19)14(15)21/h2-5H,6H2,1H3. The smallest absolute Gasteiger partial charge is 0.272 e. The van der Waals surface area contributed by atoms with Gasteiger partial charge >= 0.3 is 0 Å². The van der Waals surface area contributed by atoms with Crippen LogP contribution in [-0.2, 0) is 21.4 Å². The molecule has 11 heteroatoms. The van der Waals surface area contributed by atoms with Gasteiger partial charge in [0, 0.05) is 6.92 Å². The number of carbonyl (C=O) groups excluding carboxylic acids is 1. The Bertz CT molecular complexity index is 947. The minimum absolute atomic E-state index is 0.0362. The Morgan fingerprint density at radius 2 is 1.27 bits per heavy atom. The van der Waals surface area contributed by atoms with Crippen molar-refractivity contribution in [2.45, 2.75) is 18.4 Å². The molecule has 2 rings (SSSR count). The monoisotopic (exact) mass is 397 g/mol. The van der Waals surface area contributed by atoms with Crippen LogP contribution < -0.4 is 0 Å². The van der Waals surface area contributed by atoms with E-state index < -0.39 is 62.3 Å². The molecule has 0 aromatic heterocycles. The third kappa shape index (κ3) is 3.39. The highest BCUT2D eigenvalue weighted by molar-refractivity contribution is 7.89. The molecule has 0 aliphatic heterocycles. The van der Waals surface area contributed by atoms with Crippen LogP contribution in [0.2, 0.25) is 0 Å². The summed E-state index contributed by atoms with van der Waals surface area (Å²) in [6, 6.07) is 4.02. The van der Waals surface area contributed by atoms with Crippen molar-refractivity contribution in [3.05, 3.63) is 64.7 Å².